The summed E-state index contributed by atoms with van der Waals surface area (Å²) >= 11 is 0. The number of halogens is 3. The maximum Gasteiger partial charge on any atom is 0.433 e. The topological polar surface area (TPSA) is 47.9 Å². The number of nitrogens with zero attached hydrogens (tertiary/aromatic N) is 3. The van der Waals surface area contributed by atoms with Crippen molar-refractivity contribution in [2.75, 3.05) is 7.11 Å². The molecule has 0 saturated heterocycles. The van der Waals surface area contributed by atoms with Gasteiger partial charge in [-0.15, -0.1) is 0 Å². The Balaban J connectivity index is 2.76. The molecule has 0 fully saturated rings. The lowest BCUT2D eigenvalue weighted by molar-refractivity contribution is -0.141. The number of methoxy groups -OCH3 is 1. The summed E-state index contributed by atoms with van der Waals surface area (Å²) in [5.74, 6) is 0. The number of ether oxygens (including phenoxy) is 1. The Labute approximate surface area is 101 Å². The first kappa shape index (κ1) is 12.5. The molecule has 0 aliphatic heterocycles. The molecule has 2 rings (SSSR count). The van der Waals surface area contributed by atoms with Gasteiger partial charge in [-0.1, -0.05) is 0 Å². The minimum absolute atomic E-state index is 0.0233. The van der Waals surface area contributed by atoms with Crippen molar-refractivity contribution in [3.63, 3.8) is 0 Å². The van der Waals surface area contributed by atoms with Crippen molar-refractivity contribution in [3.05, 3.63) is 23.0 Å². The van der Waals surface area contributed by atoms with Gasteiger partial charge in [0.2, 0.25) is 0 Å². The highest BCUT2D eigenvalue weighted by atomic mass is 19.4. The molecule has 0 aromatic carbocycles. The molecule has 0 spiro atoms. The molecular formula is C11H10F3N3O. The second-order valence-electron chi connectivity index (χ2n) is 3.82. The summed E-state index contributed by atoms with van der Waals surface area (Å²) < 4.78 is 43.0. The molecule has 0 saturated carbocycles. The van der Waals surface area contributed by atoms with Crippen LogP contribution in [-0.2, 0) is 6.18 Å². The van der Waals surface area contributed by atoms with Gasteiger partial charge in [0.25, 0.3) is 0 Å². The van der Waals surface area contributed by atoms with E-state index in [0.717, 1.165) is 0 Å². The molecule has 0 unspecified atom stereocenters. The molecule has 4 nitrogen and oxygen atoms in total. The molecule has 2 aromatic rings. The Hall–Kier alpha value is -1.92. The monoisotopic (exact) mass is 257 g/mol. The fraction of sp³-hybridized carbons (Fsp3) is 0.364. The lowest BCUT2D eigenvalue weighted by atomic mass is 10.1. The van der Waals surface area contributed by atoms with Crippen molar-refractivity contribution in [2.24, 2.45) is 0 Å². The van der Waals surface area contributed by atoms with Crippen LogP contribution in [0, 0.1) is 13.8 Å². The summed E-state index contributed by atoms with van der Waals surface area (Å²) in [6.45, 7) is 2.91. The smallest absolute Gasteiger partial charge is 0.433 e. The van der Waals surface area contributed by atoms with Gasteiger partial charge in [0, 0.05) is 0 Å². The van der Waals surface area contributed by atoms with Crippen LogP contribution in [0.2, 0.25) is 0 Å². The van der Waals surface area contributed by atoms with Gasteiger partial charge in [0.05, 0.1) is 18.3 Å². The van der Waals surface area contributed by atoms with Crippen LogP contribution < -0.4 is 4.74 Å². The predicted molar refractivity (Wildman–Crippen MR) is 58.4 cm³/mol. The first-order chi connectivity index (χ1) is 8.32. The maximum absolute atomic E-state index is 12.7. The fourth-order valence-electron chi connectivity index (χ4n) is 1.65. The van der Waals surface area contributed by atoms with Gasteiger partial charge in [-0.25, -0.2) is 4.98 Å². The van der Waals surface area contributed by atoms with E-state index in [-0.39, 0.29) is 17.1 Å². The van der Waals surface area contributed by atoms with Gasteiger partial charge in [-0.2, -0.15) is 23.1 Å². The van der Waals surface area contributed by atoms with Crippen LogP contribution in [0.1, 0.15) is 17.0 Å². The van der Waals surface area contributed by atoms with E-state index in [0.29, 0.717) is 11.2 Å². The van der Waals surface area contributed by atoms with Crippen molar-refractivity contribution < 1.29 is 17.9 Å². The molecule has 0 aliphatic carbocycles. The van der Waals surface area contributed by atoms with Gasteiger partial charge in [-0.3, -0.25) is 0 Å². The average Bonchev–Trinajstić information content (AvgIpc) is 2.26. The summed E-state index contributed by atoms with van der Waals surface area (Å²) in [6.07, 6.45) is -4.48. The molecule has 0 aliphatic rings. The minimum atomic E-state index is -4.48. The molecule has 2 aromatic heterocycles. The molecule has 2 heterocycles. The molecule has 0 amide bonds. The Kier molecular flexibility index (Phi) is 2.84. The summed E-state index contributed by atoms with van der Waals surface area (Å²) in [5, 5.41) is 0. The zero-order valence-corrected chi connectivity index (χ0v) is 9.96. The van der Waals surface area contributed by atoms with E-state index in [1.54, 1.807) is 6.92 Å². The second kappa shape index (κ2) is 4.08. The van der Waals surface area contributed by atoms with Crippen LogP contribution in [0.5, 0.6) is 6.01 Å². The summed E-state index contributed by atoms with van der Waals surface area (Å²) in [5.41, 5.74) is -0.0667. The summed E-state index contributed by atoms with van der Waals surface area (Å²) in [6, 6.07) is 1.45. The summed E-state index contributed by atoms with van der Waals surface area (Å²) in [7, 11) is 1.39. The second-order valence-corrected chi connectivity index (χ2v) is 3.82. The van der Waals surface area contributed by atoms with Crippen LogP contribution in [0.15, 0.2) is 6.07 Å². The predicted octanol–water partition coefficient (Wildman–Crippen LogP) is 2.67. The van der Waals surface area contributed by atoms with Crippen LogP contribution in [0.25, 0.3) is 11.0 Å². The molecule has 18 heavy (non-hydrogen) atoms. The Morgan fingerprint density at radius 2 is 1.78 bits per heavy atom. The zero-order chi connectivity index (χ0) is 13.5. The average molecular weight is 257 g/mol. The zero-order valence-electron chi connectivity index (χ0n) is 9.96. The fourth-order valence-corrected chi connectivity index (χ4v) is 1.65. The van der Waals surface area contributed by atoms with E-state index >= 15 is 0 Å². The molecule has 0 N–H and O–H groups in total. The standard InChI is InChI=1S/C11H10F3N3O/c1-5-4-7-8(17-9(5)11(12,13)14)6(2)15-10(16-7)18-3/h4H,1-3H3. The van der Waals surface area contributed by atoms with Crippen molar-refractivity contribution in [1.82, 2.24) is 15.0 Å². The highest BCUT2D eigenvalue weighted by Gasteiger charge is 2.35. The number of alkyl halides is 3. The van der Waals surface area contributed by atoms with Gasteiger partial charge in [-0.05, 0) is 25.5 Å². The molecular weight excluding hydrogens is 247 g/mol. The minimum Gasteiger partial charge on any atom is -0.467 e. The highest BCUT2D eigenvalue weighted by Crippen LogP contribution is 2.32. The van der Waals surface area contributed by atoms with E-state index in [9.17, 15) is 13.2 Å². The third kappa shape index (κ3) is 2.07. The van der Waals surface area contributed by atoms with E-state index in [4.69, 9.17) is 4.74 Å². The van der Waals surface area contributed by atoms with Crippen LogP contribution >= 0.6 is 0 Å². The van der Waals surface area contributed by atoms with Gasteiger partial charge >= 0.3 is 12.2 Å². The number of rotatable bonds is 1. The number of aromatic nitrogens is 3. The lowest BCUT2D eigenvalue weighted by Gasteiger charge is -2.11. The number of pyridine rings is 1. The maximum atomic E-state index is 12.7. The quantitative estimate of drug-likeness (QED) is 0.788. The Bertz CT molecular complexity index is 610. The number of fused-ring (bicyclic) bond motifs is 1. The third-order valence-electron chi connectivity index (χ3n) is 2.47. The van der Waals surface area contributed by atoms with Gasteiger partial charge < -0.3 is 4.74 Å². The highest BCUT2D eigenvalue weighted by molar-refractivity contribution is 5.77. The third-order valence-corrected chi connectivity index (χ3v) is 2.47. The van der Waals surface area contributed by atoms with Crippen molar-refractivity contribution in [3.8, 4) is 6.01 Å². The van der Waals surface area contributed by atoms with E-state index < -0.39 is 11.9 Å². The molecule has 7 heteroatoms. The normalized spacial score (nSPS) is 11.9. The number of aryl methyl sites for hydroxylation is 2. The number of hydrogen-bond acceptors (Lipinski definition) is 4. The number of hydrogen-bond donors (Lipinski definition) is 0. The van der Waals surface area contributed by atoms with Gasteiger partial charge in [0.1, 0.15) is 11.2 Å². The van der Waals surface area contributed by atoms with Crippen LogP contribution in [0.4, 0.5) is 13.2 Å². The molecule has 0 bridgehead atoms. The SMILES string of the molecule is COc1nc(C)c2nc(C(F)(F)F)c(C)cc2n1. The summed E-state index contributed by atoms with van der Waals surface area (Å²) in [4.78, 5) is 11.5. The Morgan fingerprint density at radius 3 is 2.33 bits per heavy atom. The molecule has 0 atom stereocenters. The molecule has 0 radical (unpaired) electrons. The van der Waals surface area contributed by atoms with E-state index in [1.165, 1.54) is 20.1 Å². The van der Waals surface area contributed by atoms with E-state index in [1.807, 2.05) is 0 Å². The lowest BCUT2D eigenvalue weighted by Crippen LogP contribution is -2.11. The largest absolute Gasteiger partial charge is 0.467 e. The van der Waals surface area contributed by atoms with Crippen LogP contribution in [-0.4, -0.2) is 22.1 Å². The van der Waals surface area contributed by atoms with Crippen molar-refractivity contribution in [2.45, 2.75) is 20.0 Å². The van der Waals surface area contributed by atoms with Crippen molar-refractivity contribution >= 4 is 11.0 Å². The first-order valence-corrected chi connectivity index (χ1v) is 5.10. The Morgan fingerprint density at radius 1 is 1.11 bits per heavy atom. The van der Waals surface area contributed by atoms with Gasteiger partial charge in [0.15, 0.2) is 0 Å². The van der Waals surface area contributed by atoms with Crippen LogP contribution in [0.3, 0.4) is 0 Å². The van der Waals surface area contributed by atoms with Crippen molar-refractivity contribution in [1.29, 1.82) is 0 Å². The first-order valence-electron chi connectivity index (χ1n) is 5.10. The molecule has 96 valence electrons. The van der Waals surface area contributed by atoms with E-state index in [2.05, 4.69) is 15.0 Å².